The van der Waals surface area contributed by atoms with Crippen LogP contribution in [0.3, 0.4) is 0 Å². The van der Waals surface area contributed by atoms with E-state index in [0.717, 1.165) is 92.0 Å². The standard InChI is InChI=1S/C46H46F3N9O5/c1-55-37-17-27(6-9-35(37)58(45(55)63)36-10-11-38(59)53-43(36)62)29-19-46(20-29)12-14-56(15-13-46)44-51-22-30(23-52-44)26-4-5-28-24-57(54-34(28)16-26)31-7-2-25(3-8-31)21-50-42(61)32-18-33(47)41(60)40(49)39(32)48/h4-6,9,16-18,22-25,29,31,36,60H,2-3,7-8,10-15,19-21H2,1H3,(H,50,61)(H,53,59,62). The van der Waals surface area contributed by atoms with Crippen molar-refractivity contribution in [1.29, 1.82) is 0 Å². The summed E-state index contributed by atoms with van der Waals surface area (Å²) in [6.07, 6.45) is 13.7. The third-order valence-electron chi connectivity index (χ3n) is 14.2. The number of nitrogens with one attached hydrogen (secondary N) is 2. The van der Waals surface area contributed by atoms with E-state index in [1.54, 1.807) is 11.6 Å². The van der Waals surface area contributed by atoms with Gasteiger partial charge in [-0.3, -0.25) is 33.5 Å². The number of imidazole rings is 1. The van der Waals surface area contributed by atoms with Gasteiger partial charge < -0.3 is 15.3 Å². The van der Waals surface area contributed by atoms with Gasteiger partial charge in [0.1, 0.15) is 6.04 Å². The number of aromatic nitrogens is 6. The van der Waals surface area contributed by atoms with E-state index in [4.69, 9.17) is 15.1 Å². The van der Waals surface area contributed by atoms with Crippen LogP contribution in [0.15, 0.2) is 65.8 Å². The van der Waals surface area contributed by atoms with Gasteiger partial charge in [0, 0.05) is 62.6 Å². The van der Waals surface area contributed by atoms with E-state index in [1.165, 1.54) is 10.1 Å². The number of hydrogen-bond donors (Lipinski definition) is 3. The first-order valence-electron chi connectivity index (χ1n) is 21.6. The lowest BCUT2D eigenvalue weighted by molar-refractivity contribution is -0.135. The summed E-state index contributed by atoms with van der Waals surface area (Å²) >= 11 is 0. The van der Waals surface area contributed by atoms with Crippen molar-refractivity contribution >= 4 is 45.6 Å². The molecule has 1 unspecified atom stereocenters. The minimum Gasteiger partial charge on any atom is -0.503 e. The molecule has 4 aliphatic rings. The summed E-state index contributed by atoms with van der Waals surface area (Å²) in [7, 11) is 1.73. The number of carbonyl (C=O) groups is 3. The van der Waals surface area contributed by atoms with Gasteiger partial charge in [0.05, 0.1) is 28.2 Å². The minimum absolute atomic E-state index is 0.110. The number of anilines is 1. The molecule has 1 spiro atoms. The number of imide groups is 1. The highest BCUT2D eigenvalue weighted by Crippen LogP contribution is 2.57. The molecule has 3 aromatic heterocycles. The van der Waals surface area contributed by atoms with Crippen molar-refractivity contribution in [3.05, 3.63) is 100 Å². The number of halogens is 3. The molecule has 326 valence electrons. The summed E-state index contributed by atoms with van der Waals surface area (Å²) in [5.41, 5.74) is 4.64. The van der Waals surface area contributed by atoms with Crippen LogP contribution in [-0.4, -0.2) is 71.3 Å². The van der Waals surface area contributed by atoms with E-state index in [-0.39, 0.29) is 41.9 Å². The Morgan fingerprint density at radius 1 is 0.905 bits per heavy atom. The number of hydrogen-bond acceptors (Lipinski definition) is 9. The second kappa shape index (κ2) is 15.7. The van der Waals surface area contributed by atoms with E-state index in [1.807, 2.05) is 47.5 Å². The van der Waals surface area contributed by atoms with Gasteiger partial charge in [-0.2, -0.15) is 9.49 Å². The molecule has 1 atom stereocenters. The van der Waals surface area contributed by atoms with Gasteiger partial charge >= 0.3 is 5.69 Å². The van der Waals surface area contributed by atoms with E-state index >= 15 is 0 Å². The van der Waals surface area contributed by atoms with Crippen LogP contribution in [0, 0.1) is 28.8 Å². The molecule has 2 aliphatic heterocycles. The summed E-state index contributed by atoms with van der Waals surface area (Å²) in [6, 6.07) is 12.2. The monoisotopic (exact) mass is 861 g/mol. The Morgan fingerprint density at radius 2 is 1.65 bits per heavy atom. The predicted molar refractivity (Wildman–Crippen MR) is 227 cm³/mol. The minimum atomic E-state index is -1.79. The van der Waals surface area contributed by atoms with Gasteiger partial charge in [-0.1, -0.05) is 18.2 Å². The highest BCUT2D eigenvalue weighted by Gasteiger charge is 2.46. The van der Waals surface area contributed by atoms with Crippen LogP contribution in [0.2, 0.25) is 0 Å². The van der Waals surface area contributed by atoms with Crippen LogP contribution in [0.5, 0.6) is 5.75 Å². The van der Waals surface area contributed by atoms with Crippen molar-refractivity contribution in [3.8, 4) is 16.9 Å². The summed E-state index contributed by atoms with van der Waals surface area (Å²) in [5, 5.41) is 20.1. The van der Waals surface area contributed by atoms with Gasteiger partial charge in [0.25, 0.3) is 5.91 Å². The molecule has 2 saturated carbocycles. The zero-order valence-electron chi connectivity index (χ0n) is 34.6. The molecule has 17 heteroatoms. The molecule has 2 aliphatic carbocycles. The molecule has 3 amide bonds. The highest BCUT2D eigenvalue weighted by atomic mass is 19.2. The number of nitrogens with zero attached hydrogens (tertiary/aromatic N) is 7. The summed E-state index contributed by atoms with van der Waals surface area (Å²) in [5.74, 6) is -6.67. The number of aryl methyl sites for hydroxylation is 1. The van der Waals surface area contributed by atoms with Gasteiger partial charge in [-0.25, -0.2) is 23.5 Å². The smallest absolute Gasteiger partial charge is 0.329 e. The first kappa shape index (κ1) is 40.5. The maximum Gasteiger partial charge on any atom is 0.329 e. The molecule has 63 heavy (non-hydrogen) atoms. The van der Waals surface area contributed by atoms with E-state index in [0.29, 0.717) is 29.9 Å². The molecule has 2 saturated heterocycles. The molecular weight excluding hydrogens is 816 g/mol. The number of benzene rings is 3. The van der Waals surface area contributed by atoms with E-state index < -0.39 is 46.6 Å². The van der Waals surface area contributed by atoms with Crippen molar-refractivity contribution < 1.29 is 32.7 Å². The SMILES string of the molecule is Cn1c(=O)n(C2CCC(=O)NC2=O)c2ccc(C3CC4(CCN(c5ncc(-c6ccc7cn(C8CCC(CNC(=O)c9cc(F)c(O)c(F)c9F)CC8)nc7c6)cn5)CC4)C3)cc21. The van der Waals surface area contributed by atoms with Crippen LogP contribution in [0.25, 0.3) is 33.1 Å². The third-order valence-corrected chi connectivity index (χ3v) is 14.2. The Bertz CT molecular complexity index is 2870. The predicted octanol–water partition coefficient (Wildman–Crippen LogP) is 6.57. The second-order valence-corrected chi connectivity index (χ2v) is 17.9. The fraction of sp³-hybridized carbons (Fsp3) is 0.413. The maximum absolute atomic E-state index is 14.2. The Kier molecular flexibility index (Phi) is 10.1. The molecule has 3 N–H and O–H groups in total. The normalized spacial score (nSPS) is 21.5. The van der Waals surface area contributed by atoms with E-state index in [2.05, 4.69) is 27.7 Å². The van der Waals surface area contributed by atoms with Crippen molar-refractivity contribution in [2.75, 3.05) is 24.5 Å². The van der Waals surface area contributed by atoms with Gasteiger partial charge in [-0.05, 0) is 110 Å². The largest absolute Gasteiger partial charge is 0.503 e. The van der Waals surface area contributed by atoms with Crippen molar-refractivity contribution in [3.63, 3.8) is 0 Å². The van der Waals surface area contributed by atoms with Crippen LogP contribution >= 0.6 is 0 Å². The Labute approximate surface area is 359 Å². The number of piperidine rings is 2. The summed E-state index contributed by atoms with van der Waals surface area (Å²) in [6.45, 7) is 1.98. The molecule has 5 heterocycles. The zero-order chi connectivity index (χ0) is 43.7. The lowest BCUT2D eigenvalue weighted by Gasteiger charge is -2.52. The average Bonchev–Trinajstić information content (AvgIpc) is 3.82. The summed E-state index contributed by atoms with van der Waals surface area (Å²) < 4.78 is 46.8. The highest BCUT2D eigenvalue weighted by molar-refractivity contribution is 6.00. The number of amides is 3. The number of aromatic hydroxyl groups is 1. The second-order valence-electron chi connectivity index (χ2n) is 17.9. The molecular formula is C46H46F3N9O5. The number of carbonyl (C=O) groups excluding carboxylic acids is 3. The zero-order valence-corrected chi connectivity index (χ0v) is 34.6. The number of fused-ring (bicyclic) bond motifs is 2. The van der Waals surface area contributed by atoms with Crippen molar-refractivity contribution in [2.45, 2.75) is 82.2 Å². The number of phenols is 1. The molecule has 10 rings (SSSR count). The number of rotatable bonds is 8. The van der Waals surface area contributed by atoms with Crippen LogP contribution < -0.4 is 21.2 Å². The van der Waals surface area contributed by atoms with Crippen molar-refractivity contribution in [2.24, 2.45) is 18.4 Å². The quantitative estimate of drug-likeness (QED) is 0.113. The fourth-order valence-electron chi connectivity index (χ4n) is 10.4. The molecule has 0 bridgehead atoms. The molecule has 3 aromatic carbocycles. The lowest BCUT2D eigenvalue weighted by Crippen LogP contribution is -2.46. The molecule has 14 nitrogen and oxygen atoms in total. The Morgan fingerprint density at radius 3 is 2.38 bits per heavy atom. The van der Waals surface area contributed by atoms with Crippen LogP contribution in [0.1, 0.15) is 98.1 Å². The topological polar surface area (TPSA) is 169 Å². The molecule has 6 aromatic rings. The van der Waals surface area contributed by atoms with Crippen LogP contribution in [0.4, 0.5) is 19.1 Å². The Hall–Kier alpha value is -6.52. The fourth-order valence-corrected chi connectivity index (χ4v) is 10.4. The lowest BCUT2D eigenvalue weighted by atomic mass is 9.56. The first-order chi connectivity index (χ1) is 30.3. The van der Waals surface area contributed by atoms with E-state index in [9.17, 15) is 37.5 Å². The summed E-state index contributed by atoms with van der Waals surface area (Å²) in [4.78, 5) is 61.9. The first-order valence-corrected chi connectivity index (χ1v) is 21.6. The molecule has 0 radical (unpaired) electrons. The maximum atomic E-state index is 14.2. The van der Waals surface area contributed by atoms with Gasteiger partial charge in [0.2, 0.25) is 23.6 Å². The molecule has 4 fully saturated rings. The number of phenolic OH excluding ortho intramolecular Hbond substituents is 1. The third kappa shape index (κ3) is 7.30. The van der Waals surface area contributed by atoms with Gasteiger partial charge in [0.15, 0.2) is 17.4 Å². The van der Waals surface area contributed by atoms with Gasteiger partial charge in [-0.15, -0.1) is 0 Å². The van der Waals surface area contributed by atoms with Crippen LogP contribution in [-0.2, 0) is 16.6 Å². The van der Waals surface area contributed by atoms with Crippen molar-refractivity contribution in [1.82, 2.24) is 39.5 Å². The Balaban J connectivity index is 0.719. The average molecular weight is 862 g/mol.